The molecule has 2 aromatic carbocycles. The van der Waals surface area contributed by atoms with Crippen LogP contribution < -0.4 is 15.5 Å². The minimum absolute atomic E-state index is 0.199. The number of hydrogen-bond acceptors (Lipinski definition) is 3. The molecule has 0 radical (unpaired) electrons. The van der Waals surface area contributed by atoms with Gasteiger partial charge in [-0.2, -0.15) is 0 Å². The topological polar surface area (TPSA) is 49.6 Å². The van der Waals surface area contributed by atoms with Gasteiger partial charge in [-0.3, -0.25) is 4.79 Å². The first-order valence-corrected chi connectivity index (χ1v) is 9.67. The zero-order chi connectivity index (χ0) is 18.1. The maximum atomic E-state index is 12.8. The van der Waals surface area contributed by atoms with Gasteiger partial charge in [0.05, 0.1) is 11.4 Å². The molecule has 0 aromatic heterocycles. The van der Waals surface area contributed by atoms with Crippen LogP contribution in [0, 0.1) is 0 Å². The van der Waals surface area contributed by atoms with Gasteiger partial charge in [-0.25, -0.2) is 0 Å². The molecule has 0 bridgehead atoms. The third-order valence-electron chi connectivity index (χ3n) is 5.64. The molecule has 136 valence electrons. The predicted octanol–water partition coefficient (Wildman–Crippen LogP) is 3.78. The van der Waals surface area contributed by atoms with E-state index in [1.807, 2.05) is 23.1 Å². The van der Waals surface area contributed by atoms with Gasteiger partial charge in [0.1, 0.15) is 0 Å². The van der Waals surface area contributed by atoms with Crippen molar-refractivity contribution in [1.82, 2.24) is 0 Å². The molecule has 2 heterocycles. The lowest BCUT2D eigenvalue weighted by atomic mass is 10.1. The highest BCUT2D eigenvalue weighted by Crippen LogP contribution is 2.33. The summed E-state index contributed by atoms with van der Waals surface area (Å²) in [6.07, 6.45) is 4.67. The van der Waals surface area contributed by atoms with Gasteiger partial charge in [-0.05, 0) is 61.9 Å². The minimum Gasteiger partial charge on any atom is -0.397 e. The number of aryl methyl sites for hydroxylation is 1. The van der Waals surface area contributed by atoms with Crippen molar-refractivity contribution in [1.29, 1.82) is 0 Å². The van der Waals surface area contributed by atoms with Crippen molar-refractivity contribution in [3.8, 4) is 0 Å². The molecule has 26 heavy (non-hydrogen) atoms. The lowest BCUT2D eigenvalue weighted by Crippen LogP contribution is -2.35. The molecular weight excluding hydrogens is 322 g/mol. The first-order valence-electron chi connectivity index (χ1n) is 9.67. The minimum atomic E-state index is 0.199. The molecule has 1 unspecified atom stereocenters. The molecule has 0 spiro atoms. The van der Waals surface area contributed by atoms with Gasteiger partial charge in [0.25, 0.3) is 0 Å². The summed E-state index contributed by atoms with van der Waals surface area (Å²) in [6.45, 7) is 4.31. The summed E-state index contributed by atoms with van der Waals surface area (Å²) in [5.41, 5.74) is 11.7. The number of fused-ring (bicyclic) bond motifs is 1. The van der Waals surface area contributed by atoms with Gasteiger partial charge >= 0.3 is 0 Å². The van der Waals surface area contributed by atoms with Gasteiger partial charge in [0, 0.05) is 31.2 Å². The fourth-order valence-corrected chi connectivity index (χ4v) is 4.32. The molecule has 2 aliphatic rings. The number of benzene rings is 2. The lowest BCUT2D eigenvalue weighted by Gasteiger charge is -2.23. The molecular formula is C22H27N3O. The molecule has 0 aliphatic carbocycles. The van der Waals surface area contributed by atoms with Gasteiger partial charge in [0.15, 0.2) is 0 Å². The lowest BCUT2D eigenvalue weighted by molar-refractivity contribution is -0.118. The van der Waals surface area contributed by atoms with E-state index in [-0.39, 0.29) is 11.9 Å². The third-order valence-corrected chi connectivity index (χ3v) is 5.64. The van der Waals surface area contributed by atoms with E-state index < -0.39 is 0 Å². The average Bonchev–Trinajstić information content (AvgIpc) is 3.26. The Morgan fingerprint density at radius 2 is 1.88 bits per heavy atom. The van der Waals surface area contributed by atoms with Gasteiger partial charge in [-0.1, -0.05) is 24.3 Å². The monoisotopic (exact) mass is 349 g/mol. The third kappa shape index (κ3) is 3.16. The summed E-state index contributed by atoms with van der Waals surface area (Å²) in [6, 6.07) is 14.8. The van der Waals surface area contributed by atoms with E-state index in [4.69, 9.17) is 5.73 Å². The highest BCUT2D eigenvalue weighted by molar-refractivity contribution is 5.96. The second-order valence-corrected chi connectivity index (χ2v) is 7.53. The zero-order valence-corrected chi connectivity index (χ0v) is 15.4. The number of amides is 1. The standard InChI is InChI=1S/C22H27N3O/c1-16-14-18-6-2-3-7-20(18)25(16)22(26)11-9-17-8-10-21(19(23)15-17)24-12-4-5-13-24/h2-3,6-8,10,15-16H,4-5,9,11-14,23H2,1H3. The van der Waals surface area contributed by atoms with Crippen molar-refractivity contribution >= 4 is 23.0 Å². The smallest absolute Gasteiger partial charge is 0.227 e. The van der Waals surface area contributed by atoms with Crippen LogP contribution in [-0.4, -0.2) is 25.0 Å². The Bertz CT molecular complexity index is 811. The fraction of sp³-hybridized carbons (Fsp3) is 0.409. The number of rotatable bonds is 4. The van der Waals surface area contributed by atoms with Crippen molar-refractivity contribution in [2.45, 2.75) is 45.1 Å². The maximum Gasteiger partial charge on any atom is 0.227 e. The van der Waals surface area contributed by atoms with E-state index >= 15 is 0 Å². The van der Waals surface area contributed by atoms with Crippen LogP contribution in [0.5, 0.6) is 0 Å². The van der Waals surface area contributed by atoms with Crippen LogP contribution in [0.1, 0.15) is 37.3 Å². The number of nitrogens with two attached hydrogens (primary N) is 1. The van der Waals surface area contributed by atoms with Crippen molar-refractivity contribution in [3.05, 3.63) is 53.6 Å². The maximum absolute atomic E-state index is 12.8. The molecule has 4 rings (SSSR count). The second-order valence-electron chi connectivity index (χ2n) is 7.53. The highest BCUT2D eigenvalue weighted by atomic mass is 16.2. The van der Waals surface area contributed by atoms with Crippen LogP contribution in [0.2, 0.25) is 0 Å². The van der Waals surface area contributed by atoms with Crippen LogP contribution in [0.15, 0.2) is 42.5 Å². The van der Waals surface area contributed by atoms with Crippen molar-refractivity contribution < 1.29 is 4.79 Å². The molecule has 2 aliphatic heterocycles. The van der Waals surface area contributed by atoms with Gasteiger partial charge < -0.3 is 15.5 Å². The Hall–Kier alpha value is -2.49. The van der Waals surface area contributed by atoms with E-state index in [9.17, 15) is 4.79 Å². The zero-order valence-electron chi connectivity index (χ0n) is 15.4. The predicted molar refractivity (Wildman–Crippen MR) is 108 cm³/mol. The van der Waals surface area contributed by atoms with Crippen molar-refractivity contribution in [2.75, 3.05) is 28.6 Å². The second kappa shape index (κ2) is 7.02. The summed E-state index contributed by atoms with van der Waals surface area (Å²) in [4.78, 5) is 17.2. The van der Waals surface area contributed by atoms with Crippen molar-refractivity contribution in [2.24, 2.45) is 0 Å². The molecule has 1 saturated heterocycles. The molecule has 1 amide bonds. The normalized spacial score (nSPS) is 19.0. The molecule has 1 atom stereocenters. The first kappa shape index (κ1) is 17.0. The Morgan fingerprint density at radius 1 is 1.12 bits per heavy atom. The number of carbonyl (C=O) groups excluding carboxylic acids is 1. The Balaban J connectivity index is 1.42. The Labute approximate surface area is 155 Å². The quantitative estimate of drug-likeness (QED) is 0.855. The van der Waals surface area contributed by atoms with Crippen LogP contribution >= 0.6 is 0 Å². The number of carbonyl (C=O) groups is 1. The molecule has 4 heteroatoms. The number of anilines is 3. The number of hydrogen-bond donors (Lipinski definition) is 1. The molecule has 4 nitrogen and oxygen atoms in total. The average molecular weight is 349 g/mol. The summed E-state index contributed by atoms with van der Waals surface area (Å²) in [5, 5.41) is 0. The summed E-state index contributed by atoms with van der Waals surface area (Å²) in [5.74, 6) is 0.199. The molecule has 1 fully saturated rings. The Kier molecular flexibility index (Phi) is 4.58. The van der Waals surface area contributed by atoms with E-state index in [0.29, 0.717) is 6.42 Å². The first-order chi connectivity index (χ1) is 12.6. The molecule has 2 N–H and O–H groups in total. The fourth-order valence-electron chi connectivity index (χ4n) is 4.32. The highest BCUT2D eigenvalue weighted by Gasteiger charge is 2.30. The summed E-state index contributed by atoms with van der Waals surface area (Å²) in [7, 11) is 0. The van der Waals surface area contributed by atoms with Crippen LogP contribution in [0.25, 0.3) is 0 Å². The van der Waals surface area contributed by atoms with Gasteiger partial charge in [-0.15, -0.1) is 0 Å². The Morgan fingerprint density at radius 3 is 2.65 bits per heavy atom. The number of para-hydroxylation sites is 1. The molecule has 2 aromatic rings. The SMILES string of the molecule is CC1Cc2ccccc2N1C(=O)CCc1ccc(N2CCCC2)c(N)c1. The van der Waals surface area contributed by atoms with E-state index in [1.165, 1.54) is 18.4 Å². The molecule has 0 saturated carbocycles. The van der Waals surface area contributed by atoms with E-state index in [1.54, 1.807) is 0 Å². The van der Waals surface area contributed by atoms with E-state index in [0.717, 1.165) is 48.6 Å². The van der Waals surface area contributed by atoms with Gasteiger partial charge in [0.2, 0.25) is 5.91 Å². The summed E-state index contributed by atoms with van der Waals surface area (Å²) >= 11 is 0. The van der Waals surface area contributed by atoms with Crippen LogP contribution in [-0.2, 0) is 17.6 Å². The van der Waals surface area contributed by atoms with Crippen molar-refractivity contribution in [3.63, 3.8) is 0 Å². The summed E-state index contributed by atoms with van der Waals surface area (Å²) < 4.78 is 0. The number of nitrogen functional groups attached to an aromatic ring is 1. The number of nitrogens with zero attached hydrogens (tertiary/aromatic N) is 2. The van der Waals surface area contributed by atoms with Crippen LogP contribution in [0.4, 0.5) is 17.1 Å². The largest absolute Gasteiger partial charge is 0.397 e. The van der Waals surface area contributed by atoms with Crippen LogP contribution in [0.3, 0.4) is 0 Å². The van der Waals surface area contributed by atoms with E-state index in [2.05, 4.69) is 36.1 Å².